The molecule has 1 aliphatic rings. The fraction of sp³-hybridized carbons (Fsp3) is 0.346. The van der Waals surface area contributed by atoms with Crippen molar-refractivity contribution in [3.05, 3.63) is 70.8 Å². The molecule has 0 spiro atoms. The average Bonchev–Trinajstić information content (AvgIpc) is 2.89. The van der Waals surface area contributed by atoms with E-state index < -0.39 is 0 Å². The highest BCUT2D eigenvalue weighted by Crippen LogP contribution is 2.31. The van der Waals surface area contributed by atoms with E-state index in [9.17, 15) is 14.0 Å². The van der Waals surface area contributed by atoms with Gasteiger partial charge >= 0.3 is 0 Å². The van der Waals surface area contributed by atoms with E-state index in [2.05, 4.69) is 10.00 Å². The molecule has 0 radical (unpaired) electrons. The predicted octanol–water partition coefficient (Wildman–Crippen LogP) is 3.20. The highest BCUT2D eigenvalue weighted by molar-refractivity contribution is 5.76. The summed E-state index contributed by atoms with van der Waals surface area (Å²) in [5.41, 5.74) is 2.17. The quantitative estimate of drug-likeness (QED) is 0.493. The summed E-state index contributed by atoms with van der Waals surface area (Å²) in [5, 5.41) is 4.48. The molecule has 1 aliphatic heterocycles. The van der Waals surface area contributed by atoms with Gasteiger partial charge in [-0.05, 0) is 55.0 Å². The summed E-state index contributed by atoms with van der Waals surface area (Å²) in [6.45, 7) is 2.98. The van der Waals surface area contributed by atoms with Gasteiger partial charge in [0.15, 0.2) is 11.5 Å². The molecular formula is C26H29FN4O4. The number of amides is 1. The van der Waals surface area contributed by atoms with E-state index >= 15 is 0 Å². The third kappa shape index (κ3) is 5.79. The van der Waals surface area contributed by atoms with Gasteiger partial charge in [-0.1, -0.05) is 0 Å². The van der Waals surface area contributed by atoms with E-state index in [1.165, 1.54) is 22.9 Å². The van der Waals surface area contributed by atoms with Crippen LogP contribution in [0.25, 0.3) is 11.3 Å². The number of aromatic nitrogens is 2. The molecule has 0 saturated carbocycles. The number of benzene rings is 2. The molecule has 184 valence electrons. The Morgan fingerprint density at radius 2 is 1.66 bits per heavy atom. The van der Waals surface area contributed by atoms with Crippen molar-refractivity contribution < 1.29 is 18.7 Å². The number of aryl methyl sites for hydroxylation is 1. The third-order valence-corrected chi connectivity index (χ3v) is 6.13. The number of carbonyl (C=O) groups excluding carboxylic acids is 1. The SMILES string of the molecule is COc1ccc(-c2ccc(=O)n(CCCC(=O)N3CCN(c4ccc(F)cc4)CC3)n2)cc1OC. The minimum Gasteiger partial charge on any atom is -0.493 e. The highest BCUT2D eigenvalue weighted by atomic mass is 19.1. The van der Waals surface area contributed by atoms with Gasteiger partial charge in [0.2, 0.25) is 5.91 Å². The molecule has 0 unspecified atom stereocenters. The van der Waals surface area contributed by atoms with E-state index in [1.807, 2.05) is 17.0 Å². The average molecular weight is 481 g/mol. The Balaban J connectivity index is 1.32. The fourth-order valence-corrected chi connectivity index (χ4v) is 4.16. The molecule has 1 amide bonds. The van der Waals surface area contributed by atoms with Gasteiger partial charge in [-0.25, -0.2) is 9.07 Å². The van der Waals surface area contributed by atoms with E-state index in [0.29, 0.717) is 62.8 Å². The topological polar surface area (TPSA) is 76.9 Å². The molecule has 0 bridgehead atoms. The lowest BCUT2D eigenvalue weighted by molar-refractivity contribution is -0.131. The summed E-state index contributed by atoms with van der Waals surface area (Å²) < 4.78 is 25.2. The molecule has 1 fully saturated rings. The lowest BCUT2D eigenvalue weighted by atomic mass is 10.1. The van der Waals surface area contributed by atoms with Crippen molar-refractivity contribution in [3.8, 4) is 22.8 Å². The van der Waals surface area contributed by atoms with Crippen molar-refractivity contribution in [2.75, 3.05) is 45.3 Å². The first kappa shape index (κ1) is 24.3. The maximum Gasteiger partial charge on any atom is 0.266 e. The third-order valence-electron chi connectivity index (χ3n) is 6.13. The van der Waals surface area contributed by atoms with Crippen LogP contribution in [0.4, 0.5) is 10.1 Å². The van der Waals surface area contributed by atoms with Crippen LogP contribution in [0.15, 0.2) is 59.4 Å². The van der Waals surface area contributed by atoms with Gasteiger partial charge in [-0.3, -0.25) is 9.59 Å². The minimum atomic E-state index is -0.259. The summed E-state index contributed by atoms with van der Waals surface area (Å²) in [5.74, 6) is 0.995. The van der Waals surface area contributed by atoms with Crippen LogP contribution < -0.4 is 19.9 Å². The number of anilines is 1. The van der Waals surface area contributed by atoms with Crippen molar-refractivity contribution in [3.63, 3.8) is 0 Å². The lowest BCUT2D eigenvalue weighted by Crippen LogP contribution is -2.48. The smallest absolute Gasteiger partial charge is 0.266 e. The molecule has 4 rings (SSSR count). The number of halogens is 1. The molecule has 35 heavy (non-hydrogen) atoms. The van der Waals surface area contributed by atoms with Crippen molar-refractivity contribution in [2.45, 2.75) is 19.4 Å². The van der Waals surface area contributed by atoms with Crippen molar-refractivity contribution in [1.29, 1.82) is 0 Å². The molecule has 0 atom stereocenters. The summed E-state index contributed by atoms with van der Waals surface area (Å²) in [6, 6.07) is 15.0. The molecule has 9 heteroatoms. The first-order valence-corrected chi connectivity index (χ1v) is 11.6. The van der Waals surface area contributed by atoms with Crippen molar-refractivity contribution in [1.82, 2.24) is 14.7 Å². The highest BCUT2D eigenvalue weighted by Gasteiger charge is 2.21. The second-order valence-corrected chi connectivity index (χ2v) is 8.30. The van der Waals surface area contributed by atoms with Gasteiger partial charge in [-0.2, -0.15) is 5.10 Å². The number of hydrogen-bond acceptors (Lipinski definition) is 6. The zero-order valence-electron chi connectivity index (χ0n) is 19.9. The maximum atomic E-state index is 13.1. The number of nitrogens with zero attached hydrogens (tertiary/aromatic N) is 4. The molecule has 2 aromatic carbocycles. The Labute approximate surface area is 203 Å². The summed E-state index contributed by atoms with van der Waals surface area (Å²) >= 11 is 0. The summed E-state index contributed by atoms with van der Waals surface area (Å²) in [6.07, 6.45) is 0.852. The van der Waals surface area contributed by atoms with Crippen LogP contribution >= 0.6 is 0 Å². The minimum absolute atomic E-state index is 0.0628. The van der Waals surface area contributed by atoms with E-state index in [4.69, 9.17) is 9.47 Å². The summed E-state index contributed by atoms with van der Waals surface area (Å²) in [7, 11) is 3.14. The van der Waals surface area contributed by atoms with Crippen LogP contribution in [-0.2, 0) is 11.3 Å². The molecule has 3 aromatic rings. The van der Waals surface area contributed by atoms with Gasteiger partial charge in [0.25, 0.3) is 5.56 Å². The van der Waals surface area contributed by atoms with Crippen LogP contribution in [0.2, 0.25) is 0 Å². The van der Waals surface area contributed by atoms with Gasteiger partial charge in [0, 0.05) is 56.5 Å². The normalized spacial score (nSPS) is 13.6. The van der Waals surface area contributed by atoms with E-state index in [1.54, 1.807) is 38.5 Å². The van der Waals surface area contributed by atoms with Crippen LogP contribution in [-0.4, -0.2) is 61.0 Å². The Morgan fingerprint density at radius 1 is 0.943 bits per heavy atom. The van der Waals surface area contributed by atoms with Gasteiger partial charge in [-0.15, -0.1) is 0 Å². The van der Waals surface area contributed by atoms with Crippen molar-refractivity contribution >= 4 is 11.6 Å². The number of rotatable bonds is 8. The Kier molecular flexibility index (Phi) is 7.64. The number of hydrogen-bond donors (Lipinski definition) is 0. The number of piperazine rings is 1. The van der Waals surface area contributed by atoms with Gasteiger partial charge < -0.3 is 19.3 Å². The lowest BCUT2D eigenvalue weighted by Gasteiger charge is -2.36. The maximum absolute atomic E-state index is 13.1. The zero-order chi connectivity index (χ0) is 24.8. The largest absolute Gasteiger partial charge is 0.493 e. The second-order valence-electron chi connectivity index (χ2n) is 8.30. The monoisotopic (exact) mass is 480 g/mol. The first-order chi connectivity index (χ1) is 17.0. The van der Waals surface area contributed by atoms with Gasteiger partial charge in [0.05, 0.1) is 19.9 Å². The Hall–Kier alpha value is -3.88. The summed E-state index contributed by atoms with van der Waals surface area (Å²) in [4.78, 5) is 29.0. The van der Waals surface area contributed by atoms with E-state index in [0.717, 1.165) is 11.3 Å². The van der Waals surface area contributed by atoms with Crippen LogP contribution in [0.3, 0.4) is 0 Å². The number of methoxy groups -OCH3 is 2. The fourth-order valence-electron chi connectivity index (χ4n) is 4.16. The molecule has 0 aliphatic carbocycles. The van der Waals surface area contributed by atoms with Gasteiger partial charge in [0.1, 0.15) is 5.82 Å². The van der Waals surface area contributed by atoms with Crippen molar-refractivity contribution in [2.24, 2.45) is 0 Å². The molecule has 1 saturated heterocycles. The zero-order valence-corrected chi connectivity index (χ0v) is 19.9. The Morgan fingerprint density at radius 3 is 2.34 bits per heavy atom. The molecule has 1 aromatic heterocycles. The standard InChI is InChI=1S/C26H29FN4O4/c1-34-23-11-5-19(18-24(23)35-2)22-10-12-26(33)31(28-22)13-3-4-25(32)30-16-14-29(15-17-30)21-8-6-20(27)7-9-21/h5-12,18H,3-4,13-17H2,1-2H3. The van der Waals surface area contributed by atoms with E-state index in [-0.39, 0.29) is 17.3 Å². The number of carbonyl (C=O) groups is 1. The first-order valence-electron chi connectivity index (χ1n) is 11.6. The number of ether oxygens (including phenoxy) is 2. The Bertz CT molecular complexity index is 1220. The molecular weight excluding hydrogens is 451 g/mol. The van der Waals surface area contributed by atoms with Crippen LogP contribution in [0, 0.1) is 5.82 Å². The molecule has 8 nitrogen and oxygen atoms in total. The van der Waals surface area contributed by atoms with Crippen LogP contribution in [0.1, 0.15) is 12.8 Å². The molecule has 0 N–H and O–H groups in total. The predicted molar refractivity (Wildman–Crippen MR) is 131 cm³/mol. The molecule has 2 heterocycles. The van der Waals surface area contributed by atoms with Crippen LogP contribution in [0.5, 0.6) is 11.5 Å². The second kappa shape index (κ2) is 11.0.